The number of aryl methyl sites for hydroxylation is 2. The Kier molecular flexibility index (Phi) is 5.19. The Morgan fingerprint density at radius 1 is 1.38 bits per heavy atom. The van der Waals surface area contributed by atoms with Gasteiger partial charge in [-0.05, 0) is 43.9 Å². The van der Waals surface area contributed by atoms with Crippen molar-refractivity contribution >= 4 is 16.9 Å². The number of fused-ring (bicyclic) bond motifs is 1. The smallest absolute Gasteiger partial charge is 0.251 e. The largest absolute Gasteiger partial charge is 0.376 e. The molecule has 0 saturated heterocycles. The lowest BCUT2D eigenvalue weighted by molar-refractivity contribution is -0.00293. The van der Waals surface area contributed by atoms with Gasteiger partial charge in [0.2, 0.25) is 0 Å². The quantitative estimate of drug-likeness (QED) is 0.857. The second-order valence-corrected chi connectivity index (χ2v) is 6.85. The van der Waals surface area contributed by atoms with Crippen LogP contribution in [0.2, 0.25) is 0 Å². The molecular weight excluding hydrogens is 302 g/mol. The van der Waals surface area contributed by atoms with E-state index in [-0.39, 0.29) is 5.91 Å². The van der Waals surface area contributed by atoms with Crippen LogP contribution in [0, 0.1) is 12.8 Å². The van der Waals surface area contributed by atoms with E-state index < -0.39 is 0 Å². The second kappa shape index (κ2) is 7.34. The molecule has 2 unspecified atom stereocenters. The number of benzene rings is 1. The first-order valence-corrected chi connectivity index (χ1v) is 8.89. The minimum absolute atomic E-state index is 0.0690. The SMILES string of the molecule is Cc1nc2cc(C(=O)NCCOC3CCCCC3C)ccc2n1C. The van der Waals surface area contributed by atoms with E-state index in [0.717, 1.165) is 23.3 Å². The van der Waals surface area contributed by atoms with Crippen molar-refractivity contribution in [3.63, 3.8) is 0 Å². The van der Waals surface area contributed by atoms with Crippen molar-refractivity contribution in [2.45, 2.75) is 45.6 Å². The number of hydrogen-bond donors (Lipinski definition) is 1. The number of nitrogens with one attached hydrogen (secondary N) is 1. The molecule has 2 atom stereocenters. The van der Waals surface area contributed by atoms with Crippen LogP contribution in [0.1, 0.15) is 48.8 Å². The second-order valence-electron chi connectivity index (χ2n) is 6.85. The Morgan fingerprint density at radius 3 is 2.96 bits per heavy atom. The number of carbonyl (C=O) groups is 1. The molecule has 1 heterocycles. The summed E-state index contributed by atoms with van der Waals surface area (Å²) in [4.78, 5) is 16.8. The lowest BCUT2D eigenvalue weighted by Crippen LogP contribution is -2.31. The van der Waals surface area contributed by atoms with Crippen LogP contribution in [0.3, 0.4) is 0 Å². The average molecular weight is 329 g/mol. The van der Waals surface area contributed by atoms with Gasteiger partial charge in [0.15, 0.2) is 0 Å². The van der Waals surface area contributed by atoms with E-state index in [2.05, 4.69) is 17.2 Å². The Morgan fingerprint density at radius 2 is 2.17 bits per heavy atom. The first-order valence-electron chi connectivity index (χ1n) is 8.89. The molecule has 5 nitrogen and oxygen atoms in total. The predicted molar refractivity (Wildman–Crippen MR) is 95.2 cm³/mol. The minimum Gasteiger partial charge on any atom is -0.376 e. The summed E-state index contributed by atoms with van der Waals surface area (Å²) in [6.45, 7) is 5.34. The van der Waals surface area contributed by atoms with Gasteiger partial charge in [-0.2, -0.15) is 0 Å². The summed E-state index contributed by atoms with van der Waals surface area (Å²) in [5.41, 5.74) is 2.54. The highest BCUT2D eigenvalue weighted by molar-refractivity contribution is 5.97. The van der Waals surface area contributed by atoms with Crippen LogP contribution in [0.5, 0.6) is 0 Å². The molecule has 0 radical (unpaired) electrons. The van der Waals surface area contributed by atoms with Gasteiger partial charge in [-0.25, -0.2) is 4.98 Å². The number of amides is 1. The maximum Gasteiger partial charge on any atom is 0.251 e. The first-order chi connectivity index (χ1) is 11.6. The third kappa shape index (κ3) is 3.61. The van der Waals surface area contributed by atoms with E-state index in [9.17, 15) is 4.79 Å². The van der Waals surface area contributed by atoms with E-state index in [1.54, 1.807) is 0 Å². The fourth-order valence-corrected chi connectivity index (χ4v) is 3.47. The number of rotatable bonds is 5. The van der Waals surface area contributed by atoms with Crippen molar-refractivity contribution in [3.8, 4) is 0 Å². The molecule has 5 heteroatoms. The lowest BCUT2D eigenvalue weighted by atomic mass is 9.88. The lowest BCUT2D eigenvalue weighted by Gasteiger charge is -2.28. The zero-order valence-corrected chi connectivity index (χ0v) is 14.8. The first kappa shape index (κ1) is 17.0. The van der Waals surface area contributed by atoms with Crippen LogP contribution < -0.4 is 5.32 Å². The number of imidazole rings is 1. The number of hydrogen-bond acceptors (Lipinski definition) is 3. The Bertz CT molecular complexity index is 723. The highest BCUT2D eigenvalue weighted by Crippen LogP contribution is 2.26. The minimum atomic E-state index is -0.0690. The summed E-state index contributed by atoms with van der Waals surface area (Å²) >= 11 is 0. The van der Waals surface area contributed by atoms with Crippen molar-refractivity contribution in [2.24, 2.45) is 13.0 Å². The molecule has 1 amide bonds. The van der Waals surface area contributed by atoms with Crippen LogP contribution in [0.4, 0.5) is 0 Å². The molecular formula is C19H27N3O2. The summed E-state index contributed by atoms with van der Waals surface area (Å²) < 4.78 is 7.96. The third-order valence-electron chi connectivity index (χ3n) is 5.12. The van der Waals surface area contributed by atoms with Crippen LogP contribution in [0.15, 0.2) is 18.2 Å². The third-order valence-corrected chi connectivity index (χ3v) is 5.12. The van der Waals surface area contributed by atoms with E-state index in [4.69, 9.17) is 4.74 Å². The highest BCUT2D eigenvalue weighted by atomic mass is 16.5. The molecule has 1 aliphatic carbocycles. The van der Waals surface area contributed by atoms with Crippen LogP contribution in [-0.2, 0) is 11.8 Å². The fraction of sp³-hybridized carbons (Fsp3) is 0.579. The summed E-state index contributed by atoms with van der Waals surface area (Å²) in [5.74, 6) is 1.50. The van der Waals surface area contributed by atoms with Gasteiger partial charge in [0, 0.05) is 19.2 Å². The van der Waals surface area contributed by atoms with Crippen molar-refractivity contribution in [2.75, 3.05) is 13.2 Å². The van der Waals surface area contributed by atoms with Crippen LogP contribution >= 0.6 is 0 Å². The van der Waals surface area contributed by atoms with E-state index in [1.807, 2.05) is 36.7 Å². The standard InChI is InChI=1S/C19H27N3O2/c1-13-6-4-5-7-18(13)24-11-10-20-19(23)15-8-9-17-16(12-15)21-14(2)22(17)3/h8-9,12-13,18H,4-7,10-11H2,1-3H3,(H,20,23). The summed E-state index contributed by atoms with van der Waals surface area (Å²) in [6, 6.07) is 5.65. The molecule has 3 rings (SSSR count). The molecule has 130 valence electrons. The Balaban J connectivity index is 1.51. The predicted octanol–water partition coefficient (Wildman–Crippen LogP) is 3.21. The van der Waals surface area contributed by atoms with Gasteiger partial charge >= 0.3 is 0 Å². The van der Waals surface area contributed by atoms with Gasteiger partial charge in [0.05, 0.1) is 23.7 Å². The zero-order valence-electron chi connectivity index (χ0n) is 14.8. The zero-order chi connectivity index (χ0) is 17.1. The van der Waals surface area contributed by atoms with Gasteiger partial charge in [-0.15, -0.1) is 0 Å². The van der Waals surface area contributed by atoms with Crippen molar-refractivity contribution in [1.29, 1.82) is 0 Å². The van der Waals surface area contributed by atoms with Gasteiger partial charge in [-0.3, -0.25) is 4.79 Å². The molecule has 1 aromatic heterocycles. The van der Waals surface area contributed by atoms with Crippen LogP contribution in [0.25, 0.3) is 11.0 Å². The van der Waals surface area contributed by atoms with Crippen molar-refractivity contribution < 1.29 is 9.53 Å². The van der Waals surface area contributed by atoms with Gasteiger partial charge in [-0.1, -0.05) is 19.8 Å². The van der Waals surface area contributed by atoms with E-state index >= 15 is 0 Å². The Labute approximate surface area is 143 Å². The molecule has 1 aliphatic rings. The molecule has 0 spiro atoms. The van der Waals surface area contributed by atoms with Gasteiger partial charge in [0.1, 0.15) is 5.82 Å². The normalized spacial score (nSPS) is 21.1. The molecule has 1 fully saturated rings. The molecule has 1 aromatic carbocycles. The molecule has 0 aliphatic heterocycles. The topological polar surface area (TPSA) is 56.1 Å². The highest BCUT2D eigenvalue weighted by Gasteiger charge is 2.21. The van der Waals surface area contributed by atoms with E-state index in [1.165, 1.54) is 19.3 Å². The summed E-state index contributed by atoms with van der Waals surface area (Å²) in [7, 11) is 1.98. The number of aromatic nitrogens is 2. The van der Waals surface area contributed by atoms with E-state index in [0.29, 0.717) is 30.7 Å². The van der Waals surface area contributed by atoms with Crippen molar-refractivity contribution in [1.82, 2.24) is 14.9 Å². The average Bonchev–Trinajstić information content (AvgIpc) is 2.87. The van der Waals surface area contributed by atoms with Gasteiger partial charge in [0.25, 0.3) is 5.91 Å². The molecule has 1 saturated carbocycles. The monoisotopic (exact) mass is 329 g/mol. The number of carbonyl (C=O) groups excluding carboxylic acids is 1. The summed E-state index contributed by atoms with van der Waals surface area (Å²) in [5, 5.41) is 2.94. The van der Waals surface area contributed by atoms with Crippen molar-refractivity contribution in [3.05, 3.63) is 29.6 Å². The maximum atomic E-state index is 12.3. The number of nitrogens with zero attached hydrogens (tertiary/aromatic N) is 2. The Hall–Kier alpha value is -1.88. The molecule has 24 heavy (non-hydrogen) atoms. The fourth-order valence-electron chi connectivity index (χ4n) is 3.47. The summed E-state index contributed by atoms with van der Waals surface area (Å²) in [6.07, 6.45) is 5.31. The molecule has 2 aromatic rings. The molecule has 1 N–H and O–H groups in total. The molecule has 0 bridgehead atoms. The maximum absolute atomic E-state index is 12.3. The van der Waals surface area contributed by atoms with Gasteiger partial charge < -0.3 is 14.6 Å². The van der Waals surface area contributed by atoms with Crippen LogP contribution in [-0.4, -0.2) is 34.7 Å². The number of ether oxygens (including phenoxy) is 1.